The standard InChI is InChI=1S/C8H17N3O2/c9-6-7(8(12)13)11-4-1-2-10-3-5-11/h7,10H,1-6,9H2,(H,12,13). The molecule has 1 unspecified atom stereocenters. The maximum Gasteiger partial charge on any atom is 0.322 e. The van der Waals surface area contributed by atoms with Gasteiger partial charge in [0.05, 0.1) is 0 Å². The maximum absolute atomic E-state index is 10.8. The molecule has 0 aromatic heterocycles. The normalized spacial score (nSPS) is 22.2. The summed E-state index contributed by atoms with van der Waals surface area (Å²) >= 11 is 0. The topological polar surface area (TPSA) is 78.6 Å². The molecule has 5 nitrogen and oxygen atoms in total. The van der Waals surface area contributed by atoms with Crippen molar-refractivity contribution in [1.29, 1.82) is 0 Å². The molecule has 0 aromatic carbocycles. The van der Waals surface area contributed by atoms with E-state index in [2.05, 4.69) is 5.32 Å². The molecule has 13 heavy (non-hydrogen) atoms. The van der Waals surface area contributed by atoms with Crippen LogP contribution in [0.1, 0.15) is 6.42 Å². The molecule has 0 spiro atoms. The highest BCUT2D eigenvalue weighted by atomic mass is 16.4. The Labute approximate surface area is 77.9 Å². The fourth-order valence-corrected chi connectivity index (χ4v) is 1.58. The fourth-order valence-electron chi connectivity index (χ4n) is 1.58. The van der Waals surface area contributed by atoms with Gasteiger partial charge < -0.3 is 16.2 Å². The first-order valence-electron chi connectivity index (χ1n) is 4.63. The predicted octanol–water partition coefficient (Wildman–Crippen LogP) is -1.31. The van der Waals surface area contributed by atoms with E-state index in [0.29, 0.717) is 0 Å². The van der Waals surface area contributed by atoms with Crippen molar-refractivity contribution in [2.75, 3.05) is 32.7 Å². The van der Waals surface area contributed by atoms with Gasteiger partial charge in [0, 0.05) is 26.2 Å². The summed E-state index contributed by atoms with van der Waals surface area (Å²) in [6.07, 6.45) is 0.990. The summed E-state index contributed by atoms with van der Waals surface area (Å²) in [5, 5.41) is 12.1. The summed E-state index contributed by atoms with van der Waals surface area (Å²) in [4.78, 5) is 12.7. The number of rotatable bonds is 3. The van der Waals surface area contributed by atoms with Crippen LogP contribution in [0.5, 0.6) is 0 Å². The lowest BCUT2D eigenvalue weighted by atomic mass is 10.2. The molecule has 0 amide bonds. The van der Waals surface area contributed by atoms with E-state index in [0.717, 1.165) is 32.6 Å². The molecular formula is C8H17N3O2. The summed E-state index contributed by atoms with van der Waals surface area (Å²) in [5.74, 6) is -0.815. The molecule has 5 heteroatoms. The third-order valence-corrected chi connectivity index (χ3v) is 2.32. The Kier molecular flexibility index (Phi) is 4.14. The number of nitrogens with two attached hydrogens (primary N) is 1. The number of nitrogens with one attached hydrogen (secondary N) is 1. The van der Waals surface area contributed by atoms with Crippen LogP contribution in [0.4, 0.5) is 0 Å². The lowest BCUT2D eigenvalue weighted by Gasteiger charge is -2.25. The second kappa shape index (κ2) is 5.16. The largest absolute Gasteiger partial charge is 0.480 e. The van der Waals surface area contributed by atoms with Crippen LogP contribution in [0.3, 0.4) is 0 Å². The van der Waals surface area contributed by atoms with E-state index in [1.165, 1.54) is 0 Å². The smallest absolute Gasteiger partial charge is 0.322 e. The molecule has 1 aliphatic rings. The van der Waals surface area contributed by atoms with E-state index in [4.69, 9.17) is 10.8 Å². The number of hydrogen-bond acceptors (Lipinski definition) is 4. The predicted molar refractivity (Wildman–Crippen MR) is 49.5 cm³/mol. The van der Waals surface area contributed by atoms with Crippen LogP contribution in [0.2, 0.25) is 0 Å². The van der Waals surface area contributed by atoms with Gasteiger partial charge in [0.2, 0.25) is 0 Å². The van der Waals surface area contributed by atoms with Crippen LogP contribution in [0.15, 0.2) is 0 Å². The van der Waals surface area contributed by atoms with E-state index >= 15 is 0 Å². The third-order valence-electron chi connectivity index (χ3n) is 2.32. The Hall–Kier alpha value is -0.650. The van der Waals surface area contributed by atoms with Gasteiger partial charge in [-0.1, -0.05) is 0 Å². The number of carbonyl (C=O) groups is 1. The Morgan fingerprint density at radius 3 is 2.92 bits per heavy atom. The zero-order chi connectivity index (χ0) is 9.68. The summed E-state index contributed by atoms with van der Waals surface area (Å²) in [6, 6.07) is -0.514. The highest BCUT2D eigenvalue weighted by Crippen LogP contribution is 2.01. The Balaban J connectivity index is 2.50. The van der Waals surface area contributed by atoms with Gasteiger partial charge in [-0.3, -0.25) is 9.69 Å². The molecule has 76 valence electrons. The molecule has 1 atom stereocenters. The van der Waals surface area contributed by atoms with Crippen LogP contribution in [-0.2, 0) is 4.79 Å². The van der Waals surface area contributed by atoms with Crippen LogP contribution in [0.25, 0.3) is 0 Å². The zero-order valence-corrected chi connectivity index (χ0v) is 7.70. The average Bonchev–Trinajstić information content (AvgIpc) is 2.33. The van der Waals surface area contributed by atoms with Crippen molar-refractivity contribution in [3.05, 3.63) is 0 Å². The number of carboxylic acids is 1. The maximum atomic E-state index is 10.8. The number of aliphatic carboxylic acids is 1. The number of nitrogens with zero attached hydrogens (tertiary/aromatic N) is 1. The third kappa shape index (κ3) is 2.95. The van der Waals surface area contributed by atoms with E-state index in [1.807, 2.05) is 4.90 Å². The molecule has 0 aromatic rings. The Morgan fingerprint density at radius 2 is 2.31 bits per heavy atom. The van der Waals surface area contributed by atoms with Gasteiger partial charge in [-0.2, -0.15) is 0 Å². The quantitative estimate of drug-likeness (QED) is 0.511. The monoisotopic (exact) mass is 187 g/mol. The minimum atomic E-state index is -0.815. The van der Waals surface area contributed by atoms with Crippen molar-refractivity contribution < 1.29 is 9.90 Å². The van der Waals surface area contributed by atoms with Gasteiger partial charge in [0.1, 0.15) is 6.04 Å². The van der Waals surface area contributed by atoms with Crippen molar-refractivity contribution in [3.8, 4) is 0 Å². The highest BCUT2D eigenvalue weighted by Gasteiger charge is 2.24. The summed E-state index contributed by atoms with van der Waals surface area (Å²) in [7, 11) is 0. The van der Waals surface area contributed by atoms with Gasteiger partial charge >= 0.3 is 5.97 Å². The Morgan fingerprint density at radius 1 is 1.54 bits per heavy atom. The number of carboxylic acid groups (broad SMARTS) is 1. The minimum Gasteiger partial charge on any atom is -0.480 e. The van der Waals surface area contributed by atoms with Crippen molar-refractivity contribution in [3.63, 3.8) is 0 Å². The van der Waals surface area contributed by atoms with E-state index in [-0.39, 0.29) is 6.54 Å². The molecule has 0 radical (unpaired) electrons. The molecule has 1 heterocycles. The molecule has 1 rings (SSSR count). The van der Waals surface area contributed by atoms with Crippen molar-refractivity contribution >= 4 is 5.97 Å². The van der Waals surface area contributed by atoms with Crippen LogP contribution in [0, 0.1) is 0 Å². The minimum absolute atomic E-state index is 0.190. The first-order chi connectivity index (χ1) is 6.25. The number of hydrogen-bond donors (Lipinski definition) is 3. The van der Waals surface area contributed by atoms with Crippen molar-refractivity contribution in [2.45, 2.75) is 12.5 Å². The van der Waals surface area contributed by atoms with E-state index in [1.54, 1.807) is 0 Å². The first kappa shape index (κ1) is 10.4. The van der Waals surface area contributed by atoms with Crippen molar-refractivity contribution in [2.24, 2.45) is 5.73 Å². The van der Waals surface area contributed by atoms with Crippen LogP contribution < -0.4 is 11.1 Å². The van der Waals surface area contributed by atoms with Gasteiger partial charge in [0.15, 0.2) is 0 Å². The van der Waals surface area contributed by atoms with Crippen LogP contribution >= 0.6 is 0 Å². The first-order valence-corrected chi connectivity index (χ1v) is 4.63. The molecule has 0 saturated carbocycles. The molecular weight excluding hydrogens is 170 g/mol. The molecule has 1 fully saturated rings. The Bertz CT molecular complexity index is 167. The van der Waals surface area contributed by atoms with Gasteiger partial charge in [-0.15, -0.1) is 0 Å². The zero-order valence-electron chi connectivity index (χ0n) is 7.70. The van der Waals surface area contributed by atoms with E-state index in [9.17, 15) is 4.79 Å². The lowest BCUT2D eigenvalue weighted by Crippen LogP contribution is -2.47. The lowest BCUT2D eigenvalue weighted by molar-refractivity contribution is -0.142. The molecule has 4 N–H and O–H groups in total. The van der Waals surface area contributed by atoms with Gasteiger partial charge in [-0.25, -0.2) is 0 Å². The molecule has 0 aliphatic carbocycles. The second-order valence-electron chi connectivity index (χ2n) is 3.23. The van der Waals surface area contributed by atoms with Crippen molar-refractivity contribution in [1.82, 2.24) is 10.2 Å². The van der Waals surface area contributed by atoms with E-state index < -0.39 is 12.0 Å². The highest BCUT2D eigenvalue weighted by molar-refractivity contribution is 5.73. The SMILES string of the molecule is NCC(C(=O)O)N1CCCNCC1. The molecule has 1 saturated heterocycles. The summed E-state index contributed by atoms with van der Waals surface area (Å²) in [6.45, 7) is 3.60. The van der Waals surface area contributed by atoms with Gasteiger partial charge in [0.25, 0.3) is 0 Å². The second-order valence-corrected chi connectivity index (χ2v) is 3.23. The van der Waals surface area contributed by atoms with Crippen LogP contribution in [-0.4, -0.2) is 54.7 Å². The van der Waals surface area contributed by atoms with Gasteiger partial charge in [-0.05, 0) is 13.0 Å². The summed E-state index contributed by atoms with van der Waals surface area (Å²) in [5.41, 5.74) is 5.41. The average molecular weight is 187 g/mol. The molecule has 1 aliphatic heterocycles. The fraction of sp³-hybridized carbons (Fsp3) is 0.875. The summed E-state index contributed by atoms with van der Waals surface area (Å²) < 4.78 is 0. The molecule has 0 bridgehead atoms.